The van der Waals surface area contributed by atoms with E-state index in [0.717, 1.165) is 22.0 Å². The zero-order chi connectivity index (χ0) is 35.6. The number of methoxy groups -OCH3 is 3. The van der Waals surface area contributed by atoms with Crippen molar-refractivity contribution in [3.8, 4) is 17.2 Å². The van der Waals surface area contributed by atoms with Crippen LogP contribution in [-0.4, -0.2) is 65.6 Å². The first kappa shape index (κ1) is 36.7. The van der Waals surface area contributed by atoms with Crippen molar-refractivity contribution in [1.29, 1.82) is 0 Å². The van der Waals surface area contributed by atoms with Gasteiger partial charge in [-0.15, -0.1) is 0 Å². The van der Waals surface area contributed by atoms with Gasteiger partial charge in [-0.1, -0.05) is 56.3 Å². The van der Waals surface area contributed by atoms with E-state index in [9.17, 15) is 22.4 Å². The molecule has 0 aliphatic heterocycles. The summed E-state index contributed by atoms with van der Waals surface area (Å²) in [6.07, 6.45) is 0.166. The Balaban J connectivity index is 1.83. The average molecular weight is 692 g/mol. The molecule has 0 radical (unpaired) electrons. The van der Waals surface area contributed by atoms with Crippen LogP contribution in [0.5, 0.6) is 17.2 Å². The van der Waals surface area contributed by atoms with Gasteiger partial charge in [-0.3, -0.25) is 13.9 Å². The summed E-state index contributed by atoms with van der Waals surface area (Å²) < 4.78 is 59.6. The van der Waals surface area contributed by atoms with E-state index in [1.165, 1.54) is 56.6 Å². The van der Waals surface area contributed by atoms with Crippen molar-refractivity contribution >= 4 is 27.5 Å². The molecule has 0 saturated heterocycles. The van der Waals surface area contributed by atoms with E-state index in [1.807, 2.05) is 44.2 Å². The lowest BCUT2D eigenvalue weighted by atomic mass is 10.0. The first-order chi connectivity index (χ1) is 23.5. The van der Waals surface area contributed by atoms with Crippen LogP contribution in [0.4, 0.5) is 10.1 Å². The molecule has 0 heterocycles. The van der Waals surface area contributed by atoms with Crippen LogP contribution in [0, 0.1) is 11.7 Å². The molecule has 0 aromatic heterocycles. The van der Waals surface area contributed by atoms with E-state index in [4.69, 9.17) is 14.2 Å². The Morgan fingerprint density at radius 2 is 1.47 bits per heavy atom. The minimum Gasteiger partial charge on any atom is -0.497 e. The predicted octanol–water partition coefficient (Wildman–Crippen LogP) is 5.46. The molecule has 1 atom stereocenters. The number of halogens is 1. The maximum atomic E-state index is 14.6. The molecule has 260 valence electrons. The smallest absolute Gasteiger partial charge is 0.264 e. The minimum atomic E-state index is -4.46. The second-order valence-corrected chi connectivity index (χ2v) is 13.6. The predicted molar refractivity (Wildman–Crippen MR) is 186 cm³/mol. The normalized spacial score (nSPS) is 11.8. The quantitative estimate of drug-likeness (QED) is 0.166. The summed E-state index contributed by atoms with van der Waals surface area (Å²) in [6, 6.07) is 24.2. The Labute approximate surface area is 287 Å². The molecule has 0 aliphatic carbocycles. The second kappa shape index (κ2) is 16.8. The van der Waals surface area contributed by atoms with E-state index in [0.29, 0.717) is 23.6 Å². The van der Waals surface area contributed by atoms with Crippen molar-refractivity contribution in [2.75, 3.05) is 38.7 Å². The molecule has 0 bridgehead atoms. The molecule has 0 fully saturated rings. The van der Waals surface area contributed by atoms with Crippen LogP contribution in [-0.2, 0) is 32.6 Å². The Bertz CT molecular complexity index is 1820. The number of amides is 2. The Hall–Kier alpha value is -5.10. The van der Waals surface area contributed by atoms with Crippen LogP contribution in [0.15, 0.2) is 102 Å². The van der Waals surface area contributed by atoms with Gasteiger partial charge in [0.1, 0.15) is 24.2 Å². The third-order valence-electron chi connectivity index (χ3n) is 7.78. The van der Waals surface area contributed by atoms with Gasteiger partial charge in [0.2, 0.25) is 11.8 Å². The van der Waals surface area contributed by atoms with Crippen molar-refractivity contribution in [1.82, 2.24) is 10.2 Å². The van der Waals surface area contributed by atoms with Gasteiger partial charge in [0.25, 0.3) is 10.0 Å². The summed E-state index contributed by atoms with van der Waals surface area (Å²) in [6.45, 7) is 3.57. The zero-order valence-corrected chi connectivity index (χ0v) is 29.1. The average Bonchev–Trinajstić information content (AvgIpc) is 3.11. The van der Waals surface area contributed by atoms with E-state index in [1.54, 1.807) is 24.3 Å². The fourth-order valence-electron chi connectivity index (χ4n) is 5.18. The molecule has 1 N–H and O–H groups in total. The van der Waals surface area contributed by atoms with Crippen molar-refractivity contribution in [3.05, 3.63) is 114 Å². The van der Waals surface area contributed by atoms with Gasteiger partial charge < -0.3 is 24.4 Å². The number of ether oxygens (including phenoxy) is 3. The molecular formula is C37H42FN3O7S. The molecule has 1 unspecified atom stereocenters. The molecule has 0 aliphatic rings. The van der Waals surface area contributed by atoms with Crippen LogP contribution in [0.2, 0.25) is 0 Å². The number of nitrogens with zero attached hydrogens (tertiary/aromatic N) is 2. The highest BCUT2D eigenvalue weighted by molar-refractivity contribution is 7.92. The SMILES string of the molecule is COc1cccc(CN(C(=O)CN(c2ccc(F)cc2)S(=O)(=O)c2ccc(OC)c(OC)c2)C(Cc2ccccc2)C(=O)NCC(C)C)c1. The monoisotopic (exact) mass is 691 g/mol. The van der Waals surface area contributed by atoms with Crippen LogP contribution in [0.1, 0.15) is 25.0 Å². The van der Waals surface area contributed by atoms with E-state index < -0.39 is 34.3 Å². The van der Waals surface area contributed by atoms with Crippen molar-refractivity contribution in [2.24, 2.45) is 5.92 Å². The third-order valence-corrected chi connectivity index (χ3v) is 9.55. The van der Waals surface area contributed by atoms with Crippen molar-refractivity contribution < 1.29 is 36.6 Å². The molecule has 0 saturated carbocycles. The highest BCUT2D eigenvalue weighted by Gasteiger charge is 2.35. The number of rotatable bonds is 16. The number of sulfonamides is 1. The number of nitrogens with one attached hydrogen (secondary N) is 1. The van der Waals surface area contributed by atoms with Gasteiger partial charge in [-0.25, -0.2) is 12.8 Å². The summed E-state index contributed by atoms with van der Waals surface area (Å²) in [4.78, 5) is 29.7. The summed E-state index contributed by atoms with van der Waals surface area (Å²) >= 11 is 0. The lowest BCUT2D eigenvalue weighted by Gasteiger charge is -2.34. The molecular weight excluding hydrogens is 649 g/mol. The van der Waals surface area contributed by atoms with Gasteiger partial charge in [-0.2, -0.15) is 0 Å². The third kappa shape index (κ3) is 9.50. The van der Waals surface area contributed by atoms with Crippen LogP contribution in [0.25, 0.3) is 0 Å². The highest BCUT2D eigenvalue weighted by Crippen LogP contribution is 2.32. The number of hydrogen-bond donors (Lipinski definition) is 1. The Morgan fingerprint density at radius 3 is 2.10 bits per heavy atom. The lowest BCUT2D eigenvalue weighted by molar-refractivity contribution is -0.140. The Kier molecular flexibility index (Phi) is 12.6. The maximum absolute atomic E-state index is 14.6. The maximum Gasteiger partial charge on any atom is 0.264 e. The zero-order valence-electron chi connectivity index (χ0n) is 28.3. The molecule has 4 aromatic carbocycles. The van der Waals surface area contributed by atoms with Crippen molar-refractivity contribution in [2.45, 2.75) is 37.8 Å². The van der Waals surface area contributed by atoms with Gasteiger partial charge >= 0.3 is 0 Å². The first-order valence-corrected chi connectivity index (χ1v) is 17.1. The molecule has 2 amide bonds. The minimum absolute atomic E-state index is 0.0315. The number of carbonyl (C=O) groups excluding carboxylic acids is 2. The molecule has 4 aromatic rings. The second-order valence-electron chi connectivity index (χ2n) is 11.7. The van der Waals surface area contributed by atoms with E-state index in [-0.39, 0.29) is 41.1 Å². The van der Waals surface area contributed by atoms with Gasteiger partial charge in [0, 0.05) is 25.6 Å². The van der Waals surface area contributed by atoms with Gasteiger partial charge in [-0.05, 0) is 65.6 Å². The highest BCUT2D eigenvalue weighted by atomic mass is 32.2. The van der Waals surface area contributed by atoms with Crippen LogP contribution >= 0.6 is 0 Å². The fourth-order valence-corrected chi connectivity index (χ4v) is 6.61. The fraction of sp³-hybridized carbons (Fsp3) is 0.297. The van der Waals surface area contributed by atoms with Gasteiger partial charge in [0.15, 0.2) is 11.5 Å². The van der Waals surface area contributed by atoms with Crippen LogP contribution < -0.4 is 23.8 Å². The number of hydrogen-bond acceptors (Lipinski definition) is 7. The topological polar surface area (TPSA) is 114 Å². The first-order valence-electron chi connectivity index (χ1n) is 15.7. The summed E-state index contributed by atoms with van der Waals surface area (Å²) in [7, 11) is -0.124. The Morgan fingerprint density at radius 1 is 0.796 bits per heavy atom. The summed E-state index contributed by atoms with van der Waals surface area (Å²) in [5, 5.41) is 2.96. The molecule has 0 spiro atoms. The number of anilines is 1. The standard InChI is InChI=1S/C37H42FN3O7S/c1-26(2)23-39-37(43)33(21-27-10-7-6-8-11-27)40(24-28-12-9-13-31(20-28)46-3)36(42)25-41(30-16-14-29(38)15-17-30)49(44,45)32-18-19-34(47-4)35(22-32)48-5/h6-20,22,26,33H,21,23-25H2,1-5H3,(H,39,43). The van der Waals surface area contributed by atoms with E-state index in [2.05, 4.69) is 5.32 Å². The number of carbonyl (C=O) groups is 2. The number of benzene rings is 4. The molecule has 10 nitrogen and oxygen atoms in total. The van der Waals surface area contributed by atoms with E-state index >= 15 is 0 Å². The molecule has 49 heavy (non-hydrogen) atoms. The largest absolute Gasteiger partial charge is 0.497 e. The van der Waals surface area contributed by atoms with Gasteiger partial charge in [0.05, 0.1) is 31.9 Å². The molecule has 4 rings (SSSR count). The summed E-state index contributed by atoms with van der Waals surface area (Å²) in [5.74, 6) is -0.448. The lowest BCUT2D eigenvalue weighted by Crippen LogP contribution is -2.53. The van der Waals surface area contributed by atoms with Crippen molar-refractivity contribution in [3.63, 3.8) is 0 Å². The van der Waals surface area contributed by atoms with Crippen LogP contribution in [0.3, 0.4) is 0 Å². The summed E-state index contributed by atoms with van der Waals surface area (Å²) in [5.41, 5.74) is 1.53. The molecule has 12 heteroatoms.